The molecule has 0 fully saturated rings. The zero-order valence-corrected chi connectivity index (χ0v) is 17.3. The number of hydrogen-bond donors (Lipinski definition) is 0. The summed E-state index contributed by atoms with van der Waals surface area (Å²) in [6.07, 6.45) is 0. The second-order valence-corrected chi connectivity index (χ2v) is 6.88. The molecule has 1 heterocycles. The summed E-state index contributed by atoms with van der Waals surface area (Å²) < 4.78 is 20.2. The Labute approximate surface area is 174 Å². The molecule has 1 amide bonds. The highest BCUT2D eigenvalue weighted by atomic mass is 19.1. The summed E-state index contributed by atoms with van der Waals surface area (Å²) in [4.78, 5) is 26.6. The number of carbonyl (C=O) groups excluding carboxylic acids is 2. The van der Waals surface area contributed by atoms with Crippen molar-refractivity contribution < 1.29 is 18.7 Å². The van der Waals surface area contributed by atoms with Crippen molar-refractivity contribution in [3.8, 4) is 0 Å². The molecule has 0 aliphatic rings. The Morgan fingerprint density at radius 2 is 1.73 bits per heavy atom. The molecule has 1 aromatic heterocycles. The summed E-state index contributed by atoms with van der Waals surface area (Å²) in [6, 6.07) is 15.4. The number of hydrogen-bond acceptors (Lipinski definition) is 4. The summed E-state index contributed by atoms with van der Waals surface area (Å²) >= 11 is 0. The number of benzene rings is 2. The molecule has 0 saturated heterocycles. The highest BCUT2D eigenvalue weighted by Gasteiger charge is 2.22. The fourth-order valence-electron chi connectivity index (χ4n) is 3.30. The summed E-state index contributed by atoms with van der Waals surface area (Å²) in [5.41, 5.74) is 3.20. The van der Waals surface area contributed by atoms with Gasteiger partial charge in [-0.3, -0.25) is 9.48 Å². The van der Waals surface area contributed by atoms with E-state index in [1.54, 1.807) is 25.5 Å². The largest absolute Gasteiger partial charge is 0.452 e. The molecule has 6 nitrogen and oxygen atoms in total. The summed E-state index contributed by atoms with van der Waals surface area (Å²) in [7, 11) is 0. The Hall–Kier alpha value is -3.48. The number of likely N-dealkylation sites (N-methyl/N-ethyl adjacent to an activating group) is 1. The molecule has 0 saturated carbocycles. The Balaban J connectivity index is 1.68. The van der Waals surface area contributed by atoms with Crippen LogP contribution in [0.5, 0.6) is 0 Å². The van der Waals surface area contributed by atoms with Crippen LogP contribution in [0.2, 0.25) is 0 Å². The van der Waals surface area contributed by atoms with Crippen molar-refractivity contribution >= 4 is 17.6 Å². The molecule has 0 N–H and O–H groups in total. The number of amides is 1. The van der Waals surface area contributed by atoms with Gasteiger partial charge in [0.2, 0.25) is 0 Å². The Kier molecular flexibility index (Phi) is 6.61. The minimum atomic E-state index is -0.590. The quantitative estimate of drug-likeness (QED) is 0.555. The topological polar surface area (TPSA) is 64.4 Å². The minimum Gasteiger partial charge on any atom is -0.452 e. The van der Waals surface area contributed by atoms with Crippen molar-refractivity contribution in [2.75, 3.05) is 18.1 Å². The number of esters is 1. The maximum Gasteiger partial charge on any atom is 0.342 e. The Bertz CT molecular complexity index is 1030. The van der Waals surface area contributed by atoms with Gasteiger partial charge in [-0.1, -0.05) is 30.3 Å². The monoisotopic (exact) mass is 409 g/mol. The third-order valence-electron chi connectivity index (χ3n) is 4.84. The number of aromatic nitrogens is 2. The van der Waals surface area contributed by atoms with Crippen LogP contribution in [-0.4, -0.2) is 34.8 Å². The molecule has 0 bridgehead atoms. The van der Waals surface area contributed by atoms with Crippen LogP contribution in [0.4, 0.5) is 10.1 Å². The van der Waals surface area contributed by atoms with E-state index in [2.05, 4.69) is 5.10 Å². The minimum absolute atomic E-state index is 0.364. The Morgan fingerprint density at radius 3 is 2.37 bits per heavy atom. The van der Waals surface area contributed by atoms with Gasteiger partial charge in [-0.05, 0) is 50.6 Å². The van der Waals surface area contributed by atoms with Crippen LogP contribution >= 0.6 is 0 Å². The van der Waals surface area contributed by atoms with E-state index in [4.69, 9.17) is 4.74 Å². The summed E-state index contributed by atoms with van der Waals surface area (Å²) in [5.74, 6) is -1.36. The lowest BCUT2D eigenvalue weighted by Gasteiger charge is -2.20. The van der Waals surface area contributed by atoms with E-state index in [9.17, 15) is 14.0 Å². The molecule has 0 radical (unpaired) electrons. The number of nitrogens with zero attached hydrogens (tertiary/aromatic N) is 3. The van der Waals surface area contributed by atoms with E-state index in [0.717, 1.165) is 5.56 Å². The van der Waals surface area contributed by atoms with Crippen LogP contribution in [0.1, 0.15) is 34.2 Å². The number of ether oxygens (including phenoxy) is 1. The van der Waals surface area contributed by atoms with Gasteiger partial charge < -0.3 is 9.64 Å². The normalized spacial score (nSPS) is 10.7. The molecule has 0 unspecified atom stereocenters. The standard InChI is InChI=1S/C23H24FN3O3/c1-4-26(20-12-10-19(24)11-13-20)21(28)15-30-23(29)22-16(2)25-27(17(22)3)14-18-8-6-5-7-9-18/h5-13H,4,14-15H2,1-3H3. The van der Waals surface area contributed by atoms with E-state index in [1.807, 2.05) is 30.3 Å². The number of aryl methyl sites for hydroxylation is 1. The zero-order chi connectivity index (χ0) is 21.7. The molecular weight excluding hydrogens is 385 g/mol. The predicted molar refractivity (Wildman–Crippen MR) is 112 cm³/mol. The predicted octanol–water partition coefficient (Wildman–Crippen LogP) is 3.90. The van der Waals surface area contributed by atoms with Crippen LogP contribution < -0.4 is 4.90 Å². The van der Waals surface area contributed by atoms with Crippen molar-refractivity contribution in [2.45, 2.75) is 27.3 Å². The van der Waals surface area contributed by atoms with Crippen molar-refractivity contribution in [3.63, 3.8) is 0 Å². The number of rotatable bonds is 7. The molecule has 3 aromatic rings. The first-order chi connectivity index (χ1) is 14.4. The maximum atomic E-state index is 13.1. The van der Waals surface area contributed by atoms with Crippen molar-refractivity contribution in [1.29, 1.82) is 0 Å². The maximum absolute atomic E-state index is 13.1. The number of anilines is 1. The first-order valence-corrected chi connectivity index (χ1v) is 9.71. The molecule has 7 heteroatoms. The van der Waals surface area contributed by atoms with Gasteiger partial charge in [-0.25, -0.2) is 9.18 Å². The van der Waals surface area contributed by atoms with E-state index < -0.39 is 12.6 Å². The lowest BCUT2D eigenvalue weighted by molar-refractivity contribution is -0.121. The smallest absolute Gasteiger partial charge is 0.342 e. The second kappa shape index (κ2) is 9.35. The Morgan fingerprint density at radius 1 is 1.07 bits per heavy atom. The average molecular weight is 409 g/mol. The van der Waals surface area contributed by atoms with E-state index in [-0.39, 0.29) is 11.7 Å². The van der Waals surface area contributed by atoms with Gasteiger partial charge in [0.1, 0.15) is 11.4 Å². The first kappa shape index (κ1) is 21.2. The molecule has 30 heavy (non-hydrogen) atoms. The fourth-order valence-corrected chi connectivity index (χ4v) is 3.30. The van der Waals surface area contributed by atoms with Gasteiger partial charge in [-0.15, -0.1) is 0 Å². The van der Waals surface area contributed by atoms with Crippen LogP contribution in [0.3, 0.4) is 0 Å². The summed E-state index contributed by atoms with van der Waals surface area (Å²) in [6.45, 7) is 5.84. The van der Waals surface area contributed by atoms with E-state index in [0.29, 0.717) is 35.7 Å². The molecular formula is C23H24FN3O3. The third-order valence-corrected chi connectivity index (χ3v) is 4.84. The molecule has 0 atom stereocenters. The lowest BCUT2D eigenvalue weighted by atomic mass is 10.2. The molecule has 156 valence electrons. The second-order valence-electron chi connectivity index (χ2n) is 6.88. The first-order valence-electron chi connectivity index (χ1n) is 9.71. The zero-order valence-electron chi connectivity index (χ0n) is 17.3. The van der Waals surface area contributed by atoms with Gasteiger partial charge >= 0.3 is 5.97 Å². The van der Waals surface area contributed by atoms with Crippen molar-refractivity contribution in [3.05, 3.63) is 82.9 Å². The van der Waals surface area contributed by atoms with Crippen molar-refractivity contribution in [2.24, 2.45) is 0 Å². The fraction of sp³-hybridized carbons (Fsp3) is 0.261. The number of carbonyl (C=O) groups is 2. The molecule has 2 aromatic carbocycles. The summed E-state index contributed by atoms with van der Waals surface area (Å²) in [5, 5.41) is 4.45. The van der Waals surface area contributed by atoms with Gasteiger partial charge in [0.15, 0.2) is 6.61 Å². The highest BCUT2D eigenvalue weighted by Crippen LogP contribution is 2.18. The van der Waals surface area contributed by atoms with Crippen LogP contribution in [0.25, 0.3) is 0 Å². The van der Waals surface area contributed by atoms with Crippen LogP contribution in [0.15, 0.2) is 54.6 Å². The van der Waals surface area contributed by atoms with Crippen LogP contribution in [0, 0.1) is 19.7 Å². The third kappa shape index (κ3) is 4.74. The van der Waals surface area contributed by atoms with Gasteiger partial charge in [-0.2, -0.15) is 5.10 Å². The van der Waals surface area contributed by atoms with Gasteiger partial charge in [0.25, 0.3) is 5.91 Å². The highest BCUT2D eigenvalue weighted by molar-refractivity contribution is 5.97. The molecule has 0 aliphatic carbocycles. The molecule has 3 rings (SSSR count). The SMILES string of the molecule is CCN(C(=O)COC(=O)c1c(C)nn(Cc2ccccc2)c1C)c1ccc(F)cc1. The van der Waals surface area contributed by atoms with E-state index in [1.165, 1.54) is 29.2 Å². The van der Waals surface area contributed by atoms with E-state index >= 15 is 0 Å². The molecule has 0 spiro atoms. The van der Waals surface area contributed by atoms with Crippen LogP contribution in [-0.2, 0) is 16.1 Å². The number of halogens is 1. The van der Waals surface area contributed by atoms with Crippen molar-refractivity contribution in [1.82, 2.24) is 9.78 Å². The molecule has 0 aliphatic heterocycles. The average Bonchev–Trinajstić information content (AvgIpc) is 3.02. The lowest BCUT2D eigenvalue weighted by Crippen LogP contribution is -2.34. The van der Waals surface area contributed by atoms with Gasteiger partial charge in [0.05, 0.1) is 17.9 Å². The van der Waals surface area contributed by atoms with Gasteiger partial charge in [0, 0.05) is 12.2 Å².